The van der Waals surface area contributed by atoms with Crippen molar-refractivity contribution < 1.29 is 4.79 Å². The van der Waals surface area contributed by atoms with Gasteiger partial charge in [0.1, 0.15) is 0 Å². The Balaban J connectivity index is 2.44. The second kappa shape index (κ2) is 5.36. The van der Waals surface area contributed by atoms with Crippen molar-refractivity contribution in [2.24, 2.45) is 11.5 Å². The Morgan fingerprint density at radius 3 is 2.50 bits per heavy atom. The van der Waals surface area contributed by atoms with Gasteiger partial charge < -0.3 is 16.8 Å². The molecule has 76 valence electrons. The van der Waals surface area contributed by atoms with Crippen LogP contribution in [0.2, 0.25) is 0 Å². The monoisotopic (exact) mass is 193 g/mol. The number of benzene rings is 1. The van der Waals surface area contributed by atoms with Gasteiger partial charge in [-0.05, 0) is 5.56 Å². The van der Waals surface area contributed by atoms with Crippen LogP contribution >= 0.6 is 0 Å². The van der Waals surface area contributed by atoms with Crippen LogP contribution < -0.4 is 16.8 Å². The Bertz CT molecular complexity index is 287. The molecule has 0 unspecified atom stereocenters. The summed E-state index contributed by atoms with van der Waals surface area (Å²) in [4.78, 5) is 10.8. The topological polar surface area (TPSA) is 81.1 Å². The molecular formula is C10H15N3O. The molecule has 1 aromatic rings. The normalized spacial score (nSPS) is 12.4. The molecule has 0 aliphatic rings. The average molecular weight is 193 g/mol. The lowest BCUT2D eigenvalue weighted by Gasteiger charge is -2.12. The van der Waals surface area contributed by atoms with Gasteiger partial charge >= 0.3 is 0 Å². The summed E-state index contributed by atoms with van der Waals surface area (Å²) in [5.41, 5.74) is 11.6. The summed E-state index contributed by atoms with van der Waals surface area (Å²) in [6.45, 7) is 0.827. The zero-order valence-electron chi connectivity index (χ0n) is 7.94. The predicted octanol–water partition coefficient (Wildman–Crippen LogP) is -0.411. The molecule has 0 aliphatic carbocycles. The second-order valence-corrected chi connectivity index (χ2v) is 3.06. The van der Waals surface area contributed by atoms with E-state index in [1.54, 1.807) is 0 Å². The van der Waals surface area contributed by atoms with Crippen molar-refractivity contribution in [2.45, 2.75) is 12.6 Å². The summed E-state index contributed by atoms with van der Waals surface area (Å²) >= 11 is 0. The second-order valence-electron chi connectivity index (χ2n) is 3.06. The molecule has 14 heavy (non-hydrogen) atoms. The van der Waals surface area contributed by atoms with Crippen LogP contribution in [0.3, 0.4) is 0 Å². The van der Waals surface area contributed by atoms with Crippen molar-refractivity contribution in [3.63, 3.8) is 0 Å². The van der Waals surface area contributed by atoms with Crippen molar-refractivity contribution in [3.05, 3.63) is 35.9 Å². The molecular weight excluding hydrogens is 178 g/mol. The van der Waals surface area contributed by atoms with E-state index >= 15 is 0 Å². The zero-order valence-corrected chi connectivity index (χ0v) is 7.94. The first kappa shape index (κ1) is 10.7. The van der Waals surface area contributed by atoms with Gasteiger partial charge in [-0.15, -0.1) is 0 Å². The third kappa shape index (κ3) is 3.16. The maximum atomic E-state index is 10.8. The Morgan fingerprint density at radius 2 is 2.00 bits per heavy atom. The van der Waals surface area contributed by atoms with E-state index in [-0.39, 0.29) is 6.54 Å². The van der Waals surface area contributed by atoms with Gasteiger partial charge in [-0.2, -0.15) is 0 Å². The van der Waals surface area contributed by atoms with E-state index in [1.807, 2.05) is 30.3 Å². The Labute approximate surface area is 83.3 Å². The van der Waals surface area contributed by atoms with Crippen LogP contribution in [0.15, 0.2) is 30.3 Å². The Hall–Kier alpha value is -1.39. The first-order chi connectivity index (χ1) is 6.74. The highest BCUT2D eigenvalue weighted by Crippen LogP contribution is 1.97. The van der Waals surface area contributed by atoms with Crippen LogP contribution in [0.25, 0.3) is 0 Å². The van der Waals surface area contributed by atoms with Gasteiger partial charge in [0, 0.05) is 13.1 Å². The minimum absolute atomic E-state index is 0.224. The van der Waals surface area contributed by atoms with Gasteiger partial charge in [-0.3, -0.25) is 4.79 Å². The van der Waals surface area contributed by atoms with Crippen LogP contribution in [0.4, 0.5) is 0 Å². The molecule has 0 fully saturated rings. The van der Waals surface area contributed by atoms with Crippen LogP contribution in [-0.4, -0.2) is 18.5 Å². The fourth-order valence-electron chi connectivity index (χ4n) is 1.14. The lowest BCUT2D eigenvalue weighted by atomic mass is 10.2. The SMILES string of the molecule is NC[C@H](NCc1ccccc1)C(N)=O. The van der Waals surface area contributed by atoms with E-state index in [1.165, 1.54) is 0 Å². The molecule has 4 nitrogen and oxygen atoms in total. The van der Waals surface area contributed by atoms with E-state index in [4.69, 9.17) is 11.5 Å². The molecule has 5 N–H and O–H groups in total. The molecule has 1 atom stereocenters. The number of hydrogen-bond acceptors (Lipinski definition) is 3. The summed E-state index contributed by atoms with van der Waals surface area (Å²) in [6.07, 6.45) is 0. The number of hydrogen-bond donors (Lipinski definition) is 3. The lowest BCUT2D eigenvalue weighted by Crippen LogP contribution is -2.46. The first-order valence-electron chi connectivity index (χ1n) is 4.50. The zero-order chi connectivity index (χ0) is 10.4. The minimum atomic E-state index is -0.449. The summed E-state index contributed by atoms with van der Waals surface area (Å²) in [7, 11) is 0. The Morgan fingerprint density at radius 1 is 1.36 bits per heavy atom. The van der Waals surface area contributed by atoms with Gasteiger partial charge in [-0.25, -0.2) is 0 Å². The largest absolute Gasteiger partial charge is 0.368 e. The molecule has 0 heterocycles. The van der Waals surface area contributed by atoms with Crippen molar-refractivity contribution in [1.29, 1.82) is 0 Å². The standard InChI is InChI=1S/C10H15N3O/c11-6-9(10(12)14)13-7-8-4-2-1-3-5-8/h1-5,9,13H,6-7,11H2,(H2,12,14)/t9-/m0/s1. The van der Waals surface area contributed by atoms with Crippen molar-refractivity contribution in [2.75, 3.05) is 6.54 Å². The number of rotatable bonds is 5. The first-order valence-corrected chi connectivity index (χ1v) is 4.50. The maximum Gasteiger partial charge on any atom is 0.235 e. The highest BCUT2D eigenvalue weighted by Gasteiger charge is 2.11. The molecule has 0 saturated carbocycles. The van der Waals surface area contributed by atoms with E-state index < -0.39 is 11.9 Å². The summed E-state index contributed by atoms with van der Waals surface area (Å²) < 4.78 is 0. The Kier molecular flexibility index (Phi) is 4.10. The van der Waals surface area contributed by atoms with Gasteiger partial charge in [0.25, 0.3) is 0 Å². The summed E-state index contributed by atoms with van der Waals surface area (Å²) in [5, 5.41) is 2.99. The van der Waals surface area contributed by atoms with Crippen molar-refractivity contribution >= 4 is 5.91 Å². The van der Waals surface area contributed by atoms with Gasteiger partial charge in [-0.1, -0.05) is 30.3 Å². The quantitative estimate of drug-likeness (QED) is 0.594. The lowest BCUT2D eigenvalue weighted by molar-refractivity contribution is -0.119. The molecule has 0 saturated heterocycles. The van der Waals surface area contributed by atoms with E-state index in [2.05, 4.69) is 5.32 Å². The van der Waals surface area contributed by atoms with Crippen LogP contribution in [0.5, 0.6) is 0 Å². The number of amides is 1. The summed E-state index contributed by atoms with van der Waals surface area (Å²) in [6, 6.07) is 9.33. The number of nitrogens with one attached hydrogen (secondary N) is 1. The number of carbonyl (C=O) groups is 1. The highest BCUT2D eigenvalue weighted by molar-refractivity contribution is 5.80. The molecule has 1 amide bonds. The van der Waals surface area contributed by atoms with Crippen LogP contribution in [-0.2, 0) is 11.3 Å². The van der Waals surface area contributed by atoms with E-state index in [0.717, 1.165) is 5.56 Å². The smallest absolute Gasteiger partial charge is 0.235 e. The fourth-order valence-corrected chi connectivity index (χ4v) is 1.14. The molecule has 0 bridgehead atoms. The number of carbonyl (C=O) groups excluding carboxylic acids is 1. The predicted molar refractivity (Wildman–Crippen MR) is 55.3 cm³/mol. The molecule has 0 aliphatic heterocycles. The molecule has 0 aromatic heterocycles. The highest BCUT2D eigenvalue weighted by atomic mass is 16.1. The molecule has 0 radical (unpaired) electrons. The summed E-state index contributed by atoms with van der Waals surface area (Å²) in [5.74, 6) is -0.413. The van der Waals surface area contributed by atoms with Crippen LogP contribution in [0.1, 0.15) is 5.56 Å². The maximum absolute atomic E-state index is 10.8. The van der Waals surface area contributed by atoms with Crippen molar-refractivity contribution in [3.8, 4) is 0 Å². The average Bonchev–Trinajstić information content (AvgIpc) is 2.20. The molecule has 1 rings (SSSR count). The fraction of sp³-hybridized carbons (Fsp3) is 0.300. The van der Waals surface area contributed by atoms with Gasteiger partial charge in [0.15, 0.2) is 0 Å². The van der Waals surface area contributed by atoms with Crippen LogP contribution in [0, 0.1) is 0 Å². The van der Waals surface area contributed by atoms with Crippen molar-refractivity contribution in [1.82, 2.24) is 5.32 Å². The molecule has 4 heteroatoms. The van der Waals surface area contributed by atoms with E-state index in [9.17, 15) is 4.79 Å². The number of primary amides is 1. The van der Waals surface area contributed by atoms with Gasteiger partial charge in [0.2, 0.25) is 5.91 Å². The van der Waals surface area contributed by atoms with E-state index in [0.29, 0.717) is 6.54 Å². The molecule has 0 spiro atoms. The van der Waals surface area contributed by atoms with Gasteiger partial charge in [0.05, 0.1) is 6.04 Å². The third-order valence-electron chi connectivity index (χ3n) is 1.97. The third-order valence-corrected chi connectivity index (χ3v) is 1.97. The molecule has 1 aromatic carbocycles. The minimum Gasteiger partial charge on any atom is -0.368 e. The number of nitrogens with two attached hydrogens (primary N) is 2.